The van der Waals surface area contributed by atoms with E-state index in [4.69, 9.17) is 5.11 Å². The molecule has 4 heteroatoms. The molecule has 0 atom stereocenters. The first-order valence-corrected chi connectivity index (χ1v) is 16.5. The number of aliphatic hydroxyl groups is 1. The number of hydrogen-bond donors (Lipinski definition) is 1. The van der Waals surface area contributed by atoms with Crippen LogP contribution in [0.1, 0.15) is 6.92 Å². The van der Waals surface area contributed by atoms with Crippen molar-refractivity contribution in [2.75, 3.05) is 6.61 Å². The maximum atomic E-state index is 7.57. The molecule has 1 nitrogen and oxygen atoms in total. The van der Waals surface area contributed by atoms with Crippen LogP contribution in [0.5, 0.6) is 0 Å². The van der Waals surface area contributed by atoms with Crippen LogP contribution >= 0.6 is 15.8 Å². The molecule has 6 aromatic carbocycles. The van der Waals surface area contributed by atoms with E-state index in [2.05, 4.69) is 182 Å². The van der Waals surface area contributed by atoms with E-state index in [1.807, 2.05) is 0 Å². The van der Waals surface area contributed by atoms with Gasteiger partial charge >= 0.3 is 0 Å². The first kappa shape index (κ1) is 33.3. The number of rotatable bonds is 6. The van der Waals surface area contributed by atoms with Crippen LogP contribution in [0, 0.1) is 0 Å². The fourth-order valence-corrected chi connectivity index (χ4v) is 8.97. The van der Waals surface area contributed by atoms with Crippen molar-refractivity contribution in [1.82, 2.24) is 0 Å². The maximum Gasteiger partial charge on any atom is 0.0402 e. The van der Waals surface area contributed by atoms with Crippen molar-refractivity contribution < 1.29 is 24.6 Å². The summed E-state index contributed by atoms with van der Waals surface area (Å²) in [6.45, 7) is 1.93. The Morgan fingerprint density at radius 1 is 0.333 bits per heavy atom. The fraction of sp³-hybridized carbons (Fsp3) is 0.0526. The zero-order valence-corrected chi connectivity index (χ0v) is 27.2. The summed E-state index contributed by atoms with van der Waals surface area (Å²) >= 11 is 0. The summed E-state index contributed by atoms with van der Waals surface area (Å²) in [5.41, 5.74) is 0. The van der Waals surface area contributed by atoms with Crippen molar-refractivity contribution in [3.63, 3.8) is 0 Å². The number of hydrogen-bond acceptors (Lipinski definition) is 1. The third-order valence-corrected chi connectivity index (χ3v) is 11.0. The second-order valence-corrected chi connectivity index (χ2v) is 13.4. The Bertz CT molecular complexity index is 1200. The molecule has 0 radical (unpaired) electrons. The minimum atomic E-state index is -0.446. The van der Waals surface area contributed by atoms with Gasteiger partial charge in [0.15, 0.2) is 0 Å². The van der Waals surface area contributed by atoms with Gasteiger partial charge in [-0.3, -0.25) is 0 Å². The van der Waals surface area contributed by atoms with Gasteiger partial charge in [0.1, 0.15) is 0 Å². The van der Waals surface area contributed by atoms with E-state index in [9.17, 15) is 0 Å². The zero-order chi connectivity index (χ0) is 28.5. The SMILES string of the molecule is CCO.[Ru].c1ccc(P(c2ccccc2)c2ccccc2)cc1.c1ccc(P(c2ccccc2)c2ccccc2)cc1. The predicted octanol–water partition coefficient (Wildman–Crippen LogP) is 6.89. The average molecular weight is 672 g/mol. The maximum absolute atomic E-state index is 7.57. The molecule has 0 fully saturated rings. The Labute approximate surface area is 266 Å². The summed E-state index contributed by atoms with van der Waals surface area (Å²) in [6.07, 6.45) is 0. The van der Waals surface area contributed by atoms with Gasteiger partial charge in [0.25, 0.3) is 0 Å². The van der Waals surface area contributed by atoms with Gasteiger partial charge in [-0.25, -0.2) is 0 Å². The van der Waals surface area contributed by atoms with E-state index in [0.29, 0.717) is 0 Å². The van der Waals surface area contributed by atoms with E-state index in [0.717, 1.165) is 0 Å². The van der Waals surface area contributed by atoms with E-state index in [1.165, 1.54) is 31.8 Å². The standard InChI is InChI=1S/2C18H15P.C2H6O.Ru/c2*1-4-10-16(11-5-1)19(17-12-6-2-7-13-17)18-14-8-3-9-15-18;1-2-3;/h2*1-15H;3H,2H2,1H3;. The van der Waals surface area contributed by atoms with E-state index >= 15 is 0 Å². The molecule has 0 aliphatic heterocycles. The molecular weight excluding hydrogens is 635 g/mol. The normalized spacial score (nSPS) is 10.0. The van der Waals surface area contributed by atoms with Crippen molar-refractivity contribution in [2.45, 2.75) is 6.92 Å². The minimum Gasteiger partial charge on any atom is -0.397 e. The Morgan fingerprint density at radius 3 is 0.571 bits per heavy atom. The summed E-state index contributed by atoms with van der Waals surface area (Å²) in [7, 11) is -0.892. The molecule has 0 saturated carbocycles. The molecule has 6 rings (SSSR count). The first-order valence-electron chi connectivity index (χ1n) is 13.8. The van der Waals surface area contributed by atoms with Crippen LogP contribution in [0.4, 0.5) is 0 Å². The Morgan fingerprint density at radius 2 is 0.452 bits per heavy atom. The third-order valence-electron chi connectivity index (χ3n) is 6.09. The second-order valence-electron chi connectivity index (χ2n) is 9.00. The Hall–Kier alpha value is -3.24. The summed E-state index contributed by atoms with van der Waals surface area (Å²) in [5, 5.41) is 16.0. The van der Waals surface area contributed by atoms with E-state index < -0.39 is 15.8 Å². The Kier molecular flexibility index (Phi) is 15.1. The molecule has 42 heavy (non-hydrogen) atoms. The largest absolute Gasteiger partial charge is 0.397 e. The number of benzene rings is 6. The summed E-state index contributed by atoms with van der Waals surface area (Å²) < 4.78 is 0. The van der Waals surface area contributed by atoms with Crippen LogP contribution in [0.2, 0.25) is 0 Å². The van der Waals surface area contributed by atoms with Gasteiger partial charge < -0.3 is 5.11 Å². The van der Waals surface area contributed by atoms with Gasteiger partial charge in [0.2, 0.25) is 0 Å². The molecular formula is C38H36OP2Ru. The molecule has 6 aromatic rings. The fourth-order valence-electron chi connectivity index (χ4n) is 4.36. The van der Waals surface area contributed by atoms with Crippen LogP contribution in [0.15, 0.2) is 182 Å². The topological polar surface area (TPSA) is 20.2 Å². The number of aliphatic hydroxyl groups excluding tert-OH is 1. The molecule has 0 heterocycles. The Balaban J connectivity index is 0.000000207. The van der Waals surface area contributed by atoms with Crippen molar-refractivity contribution in [2.24, 2.45) is 0 Å². The van der Waals surface area contributed by atoms with Crippen LogP contribution in [0.25, 0.3) is 0 Å². The van der Waals surface area contributed by atoms with E-state index in [-0.39, 0.29) is 26.1 Å². The summed E-state index contributed by atoms with van der Waals surface area (Å²) in [4.78, 5) is 0. The molecule has 0 amide bonds. The van der Waals surface area contributed by atoms with Crippen molar-refractivity contribution in [3.8, 4) is 0 Å². The summed E-state index contributed by atoms with van der Waals surface area (Å²) in [5.74, 6) is 0. The van der Waals surface area contributed by atoms with Crippen LogP contribution in [-0.2, 0) is 19.5 Å². The third kappa shape index (κ3) is 9.94. The van der Waals surface area contributed by atoms with Gasteiger partial charge in [0, 0.05) is 26.1 Å². The molecule has 0 bridgehead atoms. The molecule has 0 aliphatic carbocycles. The van der Waals surface area contributed by atoms with Crippen LogP contribution in [-0.4, -0.2) is 11.7 Å². The van der Waals surface area contributed by atoms with Gasteiger partial charge in [-0.15, -0.1) is 0 Å². The monoisotopic (exact) mass is 672 g/mol. The van der Waals surface area contributed by atoms with Crippen LogP contribution < -0.4 is 31.8 Å². The molecule has 0 unspecified atom stereocenters. The van der Waals surface area contributed by atoms with Gasteiger partial charge in [0.05, 0.1) is 0 Å². The van der Waals surface area contributed by atoms with Crippen LogP contribution in [0.3, 0.4) is 0 Å². The van der Waals surface area contributed by atoms with Crippen molar-refractivity contribution in [1.29, 1.82) is 0 Å². The molecule has 0 aliphatic rings. The molecule has 212 valence electrons. The smallest absolute Gasteiger partial charge is 0.0402 e. The average Bonchev–Trinajstić information content (AvgIpc) is 3.05. The molecule has 0 aromatic heterocycles. The van der Waals surface area contributed by atoms with Crippen molar-refractivity contribution in [3.05, 3.63) is 182 Å². The predicted molar refractivity (Wildman–Crippen MR) is 183 cm³/mol. The zero-order valence-electron chi connectivity index (χ0n) is 23.7. The summed E-state index contributed by atoms with van der Waals surface area (Å²) in [6, 6.07) is 64.7. The van der Waals surface area contributed by atoms with Gasteiger partial charge in [-0.05, 0) is 54.6 Å². The molecule has 1 N–H and O–H groups in total. The minimum absolute atomic E-state index is 0. The second kappa shape index (κ2) is 19.0. The van der Waals surface area contributed by atoms with Crippen molar-refractivity contribution >= 4 is 47.7 Å². The molecule has 0 spiro atoms. The van der Waals surface area contributed by atoms with E-state index in [1.54, 1.807) is 6.92 Å². The first-order chi connectivity index (χ1) is 20.3. The quantitative estimate of drug-likeness (QED) is 0.151. The molecule has 0 saturated heterocycles. The van der Waals surface area contributed by atoms with Gasteiger partial charge in [-0.2, -0.15) is 0 Å². The van der Waals surface area contributed by atoms with Gasteiger partial charge in [-0.1, -0.05) is 182 Å².